The number of hydrogen-bond acceptors (Lipinski definition) is 10. The molecule has 2 aliphatic heterocycles. The van der Waals surface area contributed by atoms with Gasteiger partial charge in [0.05, 0.1) is 43.8 Å². The number of methoxy groups -OCH3 is 1. The van der Waals surface area contributed by atoms with Gasteiger partial charge in [-0.05, 0) is 87.4 Å². The van der Waals surface area contributed by atoms with Crippen molar-refractivity contribution in [3.8, 4) is 5.88 Å². The molecule has 1 saturated carbocycles. The predicted molar refractivity (Wildman–Crippen MR) is 168 cm³/mol. The van der Waals surface area contributed by atoms with E-state index in [1.165, 1.54) is 11.4 Å². The second-order valence-corrected chi connectivity index (χ2v) is 15.3. The van der Waals surface area contributed by atoms with Crippen molar-refractivity contribution in [2.24, 2.45) is 5.41 Å². The van der Waals surface area contributed by atoms with E-state index in [2.05, 4.69) is 15.3 Å². The Morgan fingerprint density at radius 1 is 1.13 bits per heavy atom. The zero-order valence-electron chi connectivity index (χ0n) is 26.9. The highest BCUT2D eigenvalue weighted by Crippen LogP contribution is 2.45. The van der Waals surface area contributed by atoms with Crippen molar-refractivity contribution in [3.63, 3.8) is 0 Å². The van der Waals surface area contributed by atoms with Gasteiger partial charge in [-0.3, -0.25) is 9.78 Å². The molecule has 7 rings (SSSR count). The van der Waals surface area contributed by atoms with E-state index in [-0.39, 0.29) is 43.0 Å². The molecule has 1 aliphatic carbocycles. The average molecular weight is 647 g/mol. The first-order chi connectivity index (χ1) is 21.8. The van der Waals surface area contributed by atoms with Gasteiger partial charge in [-0.25, -0.2) is 18.1 Å². The third kappa shape index (κ3) is 4.96. The maximum atomic E-state index is 14.1. The molecule has 0 N–H and O–H groups in total. The summed E-state index contributed by atoms with van der Waals surface area (Å²) in [7, 11) is -2.61. The fraction of sp³-hybridized carbons (Fsp3) is 0.485. The second-order valence-electron chi connectivity index (χ2n) is 13.4. The number of sulfonamides is 1. The molecular formula is C33H38N6O6S. The van der Waals surface area contributed by atoms with Crippen molar-refractivity contribution in [2.45, 2.75) is 76.5 Å². The lowest BCUT2D eigenvalue weighted by Gasteiger charge is -2.41. The summed E-state index contributed by atoms with van der Waals surface area (Å²) in [6.45, 7) is 10.0. The fourth-order valence-electron chi connectivity index (χ4n) is 6.72. The quantitative estimate of drug-likeness (QED) is 0.269. The van der Waals surface area contributed by atoms with Crippen molar-refractivity contribution in [2.75, 3.05) is 26.9 Å². The molecule has 0 bridgehead atoms. The normalized spacial score (nSPS) is 19.6. The number of hydrogen-bond donors (Lipinski definition) is 0. The van der Waals surface area contributed by atoms with Crippen LogP contribution in [0.3, 0.4) is 0 Å². The fourth-order valence-corrected chi connectivity index (χ4v) is 8.36. The van der Waals surface area contributed by atoms with Crippen LogP contribution in [-0.4, -0.2) is 76.1 Å². The van der Waals surface area contributed by atoms with Gasteiger partial charge in [-0.2, -0.15) is 4.31 Å². The minimum absolute atomic E-state index is 0.0333. The molecule has 4 aromatic rings. The van der Waals surface area contributed by atoms with E-state index in [1.54, 1.807) is 25.4 Å². The number of fused-ring (bicyclic) bond motifs is 2. The Balaban J connectivity index is 1.33. The van der Waals surface area contributed by atoms with Crippen LogP contribution in [0.2, 0.25) is 0 Å². The van der Waals surface area contributed by atoms with E-state index in [4.69, 9.17) is 19.2 Å². The average Bonchev–Trinajstić information content (AvgIpc) is 3.77. The number of aromatic nitrogens is 5. The molecule has 5 heterocycles. The van der Waals surface area contributed by atoms with Gasteiger partial charge < -0.3 is 14.2 Å². The molecule has 13 heteroatoms. The maximum Gasteiger partial charge on any atom is 0.312 e. The summed E-state index contributed by atoms with van der Waals surface area (Å²) in [5.41, 5.74) is 4.61. The van der Waals surface area contributed by atoms with Gasteiger partial charge in [-0.1, -0.05) is 17.3 Å². The third-order valence-electron chi connectivity index (χ3n) is 9.55. The van der Waals surface area contributed by atoms with Crippen LogP contribution >= 0.6 is 0 Å². The molecule has 1 atom stereocenters. The third-order valence-corrected chi connectivity index (χ3v) is 11.3. The summed E-state index contributed by atoms with van der Waals surface area (Å²) in [5.74, 6) is -0.769. The summed E-state index contributed by atoms with van der Waals surface area (Å²) in [6, 6.07) is 7.99. The van der Waals surface area contributed by atoms with Crippen LogP contribution in [0.1, 0.15) is 72.2 Å². The summed E-state index contributed by atoms with van der Waals surface area (Å²) in [4.78, 5) is 22.5. The van der Waals surface area contributed by atoms with Crippen molar-refractivity contribution in [1.82, 2.24) is 29.3 Å². The van der Waals surface area contributed by atoms with Crippen LogP contribution in [0.15, 0.2) is 41.6 Å². The van der Waals surface area contributed by atoms with Crippen molar-refractivity contribution < 1.29 is 27.4 Å². The molecule has 46 heavy (non-hydrogen) atoms. The lowest BCUT2D eigenvalue weighted by molar-refractivity contribution is -0.166. The van der Waals surface area contributed by atoms with Crippen molar-refractivity contribution in [3.05, 3.63) is 70.2 Å². The van der Waals surface area contributed by atoms with E-state index >= 15 is 0 Å². The molecule has 0 unspecified atom stereocenters. The molecule has 3 aliphatic rings. The number of aryl methyl sites for hydroxylation is 3. The van der Waals surface area contributed by atoms with Crippen molar-refractivity contribution >= 4 is 27.0 Å². The SMILES string of the molecule is COC(=O)C(C)(C)[C@H](c1cnc(C)c(CN2CC3(COC3)Oc3ncc(C)cc3S2(=O)=O)c1)c1ccc2c(nnn2C2CC2)c1C. The maximum absolute atomic E-state index is 14.1. The van der Waals surface area contributed by atoms with Crippen LogP contribution < -0.4 is 4.74 Å². The molecule has 1 saturated heterocycles. The van der Waals surface area contributed by atoms with Crippen molar-refractivity contribution in [1.29, 1.82) is 0 Å². The minimum Gasteiger partial charge on any atom is -0.469 e. The Labute approximate surface area is 268 Å². The molecule has 3 aromatic heterocycles. The first-order valence-corrected chi connectivity index (χ1v) is 16.9. The zero-order valence-corrected chi connectivity index (χ0v) is 27.7. The highest BCUT2D eigenvalue weighted by atomic mass is 32.2. The van der Waals surface area contributed by atoms with Crippen LogP contribution in [0.25, 0.3) is 11.0 Å². The summed E-state index contributed by atoms with van der Waals surface area (Å²) >= 11 is 0. The van der Waals surface area contributed by atoms with Crippen LogP contribution in [0.4, 0.5) is 0 Å². The van der Waals surface area contributed by atoms with Gasteiger partial charge in [0.2, 0.25) is 15.9 Å². The summed E-state index contributed by atoms with van der Waals surface area (Å²) in [5, 5.41) is 8.97. The standard InChI is InChI=1S/C33H38N6O6S/c1-19-11-27-30(35-13-19)45-33(17-44-18-33)16-38(46(27,41)42)15-23-12-22(14-34-21(23)3)28(32(4,5)31(40)43-6)25-9-10-26-29(20(25)2)36-37-39(26)24-7-8-24/h9-14,24,28H,7-8,15-18H2,1-6H3/t28-/m1/s1. The van der Waals surface area contributed by atoms with E-state index in [9.17, 15) is 13.2 Å². The lowest BCUT2D eigenvalue weighted by atomic mass is 9.70. The number of nitrogens with zero attached hydrogens (tertiary/aromatic N) is 6. The van der Waals surface area contributed by atoms with Gasteiger partial charge in [0.15, 0.2) is 5.60 Å². The second kappa shape index (κ2) is 10.8. The Morgan fingerprint density at radius 3 is 2.57 bits per heavy atom. The Bertz CT molecular complexity index is 1980. The number of esters is 1. The van der Waals surface area contributed by atoms with Crippen LogP contribution in [0.5, 0.6) is 5.88 Å². The summed E-state index contributed by atoms with van der Waals surface area (Å²) < 4.78 is 48.7. The highest BCUT2D eigenvalue weighted by Gasteiger charge is 2.50. The number of rotatable bonds is 7. The highest BCUT2D eigenvalue weighted by molar-refractivity contribution is 7.89. The number of ether oxygens (including phenoxy) is 3. The molecule has 2 fully saturated rings. The van der Waals surface area contributed by atoms with E-state index in [0.29, 0.717) is 22.9 Å². The number of pyridine rings is 2. The minimum atomic E-state index is -3.99. The van der Waals surface area contributed by atoms with E-state index < -0.39 is 27.0 Å². The molecule has 1 spiro atoms. The monoisotopic (exact) mass is 646 g/mol. The Hall–Kier alpha value is -3.94. The Morgan fingerprint density at radius 2 is 1.89 bits per heavy atom. The van der Waals surface area contributed by atoms with Gasteiger partial charge in [0.1, 0.15) is 10.4 Å². The van der Waals surface area contributed by atoms with Crippen LogP contribution in [0, 0.1) is 26.2 Å². The smallest absolute Gasteiger partial charge is 0.312 e. The molecular weight excluding hydrogens is 608 g/mol. The molecule has 242 valence electrons. The van der Waals surface area contributed by atoms with E-state index in [0.717, 1.165) is 40.6 Å². The van der Waals surface area contributed by atoms with E-state index in [1.807, 2.05) is 50.6 Å². The van der Waals surface area contributed by atoms with Crippen LogP contribution in [-0.2, 0) is 30.8 Å². The zero-order chi connectivity index (χ0) is 32.6. The first-order valence-electron chi connectivity index (χ1n) is 15.5. The molecule has 12 nitrogen and oxygen atoms in total. The number of benzene rings is 1. The Kier molecular flexibility index (Phi) is 7.22. The van der Waals surface area contributed by atoms with Gasteiger partial charge in [0, 0.05) is 30.6 Å². The topological polar surface area (TPSA) is 139 Å². The number of carbonyl (C=O) groups excluding carboxylic acids is 1. The lowest BCUT2D eigenvalue weighted by Crippen LogP contribution is -2.60. The number of carbonyl (C=O) groups is 1. The van der Waals surface area contributed by atoms with Gasteiger partial charge in [0.25, 0.3) is 0 Å². The molecule has 1 aromatic carbocycles. The van der Waals surface area contributed by atoms with Gasteiger partial charge in [-0.15, -0.1) is 5.10 Å². The largest absolute Gasteiger partial charge is 0.469 e. The molecule has 0 radical (unpaired) electrons. The van der Waals surface area contributed by atoms with Gasteiger partial charge >= 0.3 is 5.97 Å². The predicted octanol–water partition coefficient (Wildman–Crippen LogP) is 4.16. The molecule has 0 amide bonds. The summed E-state index contributed by atoms with van der Waals surface area (Å²) in [6.07, 6.45) is 5.54. The first kappa shape index (κ1) is 30.7.